The highest BCUT2D eigenvalue weighted by molar-refractivity contribution is 5.64. The van der Waals surface area contributed by atoms with Gasteiger partial charge in [0.1, 0.15) is 0 Å². The number of aromatic nitrogens is 2. The Kier molecular flexibility index (Phi) is 2.56. The lowest BCUT2D eigenvalue weighted by molar-refractivity contribution is 0.749. The third-order valence-corrected chi connectivity index (χ3v) is 2.62. The third-order valence-electron chi connectivity index (χ3n) is 2.62. The molecule has 0 radical (unpaired) electrons. The Morgan fingerprint density at radius 1 is 1.27 bits per heavy atom. The molecule has 2 rings (SSSR count). The van der Waals surface area contributed by atoms with Crippen molar-refractivity contribution in [3.63, 3.8) is 0 Å². The molecule has 78 valence electrons. The van der Waals surface area contributed by atoms with E-state index in [9.17, 15) is 0 Å². The van der Waals surface area contributed by atoms with E-state index < -0.39 is 0 Å². The van der Waals surface area contributed by atoms with Gasteiger partial charge in [-0.05, 0) is 12.5 Å². The summed E-state index contributed by atoms with van der Waals surface area (Å²) in [6.07, 6.45) is 0. The summed E-state index contributed by atoms with van der Waals surface area (Å²) in [7, 11) is 1.95. The molecule has 0 atom stereocenters. The summed E-state index contributed by atoms with van der Waals surface area (Å²) in [6, 6.07) is 10.3. The normalized spacial score (nSPS) is 10.6. The topological polar surface area (TPSA) is 43.8 Å². The molecule has 2 N–H and O–H groups in total. The first kappa shape index (κ1) is 9.93. The van der Waals surface area contributed by atoms with Crippen molar-refractivity contribution >= 4 is 0 Å². The van der Waals surface area contributed by atoms with Crippen LogP contribution in [0, 0.1) is 6.92 Å². The van der Waals surface area contributed by atoms with Crippen LogP contribution in [0.1, 0.15) is 11.3 Å². The van der Waals surface area contributed by atoms with Gasteiger partial charge in [-0.25, -0.2) is 0 Å². The number of nitrogens with zero attached hydrogens (tertiary/aromatic N) is 2. The first-order valence-corrected chi connectivity index (χ1v) is 5.02. The molecule has 0 aliphatic carbocycles. The minimum absolute atomic E-state index is 0.493. The molecule has 0 amide bonds. The van der Waals surface area contributed by atoms with Gasteiger partial charge >= 0.3 is 0 Å². The van der Waals surface area contributed by atoms with E-state index in [-0.39, 0.29) is 0 Å². The van der Waals surface area contributed by atoms with Crippen molar-refractivity contribution in [3.05, 3.63) is 41.6 Å². The summed E-state index contributed by atoms with van der Waals surface area (Å²) in [5, 5.41) is 4.40. The Bertz CT molecular complexity index is 457. The van der Waals surface area contributed by atoms with Crippen molar-refractivity contribution in [2.75, 3.05) is 0 Å². The van der Waals surface area contributed by atoms with Crippen LogP contribution in [-0.4, -0.2) is 9.78 Å². The Morgan fingerprint density at radius 3 is 2.47 bits per heavy atom. The second kappa shape index (κ2) is 3.87. The number of hydrogen-bond acceptors (Lipinski definition) is 2. The standard InChI is InChI=1S/C12H15N3/c1-9-11(8-13)14-15(2)12(9)10-6-4-3-5-7-10/h3-7H,8,13H2,1-2H3. The van der Waals surface area contributed by atoms with E-state index in [0.717, 1.165) is 11.4 Å². The summed E-state index contributed by atoms with van der Waals surface area (Å²) in [6.45, 7) is 2.56. The highest BCUT2D eigenvalue weighted by atomic mass is 15.3. The summed E-state index contributed by atoms with van der Waals surface area (Å²) < 4.78 is 1.90. The zero-order chi connectivity index (χ0) is 10.8. The van der Waals surface area contributed by atoms with E-state index in [1.165, 1.54) is 11.1 Å². The number of nitrogens with two attached hydrogens (primary N) is 1. The molecule has 0 spiro atoms. The summed E-state index contributed by atoms with van der Waals surface area (Å²) in [5.41, 5.74) is 10.1. The Morgan fingerprint density at radius 2 is 1.93 bits per heavy atom. The van der Waals surface area contributed by atoms with Crippen LogP contribution in [0.5, 0.6) is 0 Å². The van der Waals surface area contributed by atoms with Crippen LogP contribution in [0.4, 0.5) is 0 Å². The van der Waals surface area contributed by atoms with Crippen LogP contribution >= 0.6 is 0 Å². The van der Waals surface area contributed by atoms with E-state index in [0.29, 0.717) is 6.54 Å². The molecule has 3 nitrogen and oxygen atoms in total. The molecule has 0 fully saturated rings. The molecule has 0 unspecified atom stereocenters. The van der Waals surface area contributed by atoms with Crippen molar-refractivity contribution < 1.29 is 0 Å². The van der Waals surface area contributed by atoms with Gasteiger partial charge in [-0.3, -0.25) is 4.68 Å². The zero-order valence-corrected chi connectivity index (χ0v) is 9.07. The van der Waals surface area contributed by atoms with Crippen molar-refractivity contribution in [3.8, 4) is 11.3 Å². The van der Waals surface area contributed by atoms with E-state index in [1.807, 2.05) is 29.9 Å². The Balaban J connectivity index is 2.58. The maximum absolute atomic E-state index is 5.64. The highest BCUT2D eigenvalue weighted by Gasteiger charge is 2.11. The van der Waals surface area contributed by atoms with Crippen molar-refractivity contribution in [1.29, 1.82) is 0 Å². The minimum atomic E-state index is 0.493. The molecule has 0 saturated carbocycles. The fourth-order valence-corrected chi connectivity index (χ4v) is 1.88. The molecular weight excluding hydrogens is 186 g/mol. The number of benzene rings is 1. The molecule has 0 aliphatic heterocycles. The molecular formula is C12H15N3. The van der Waals surface area contributed by atoms with Crippen LogP contribution in [0.25, 0.3) is 11.3 Å². The van der Waals surface area contributed by atoms with Gasteiger partial charge in [-0.15, -0.1) is 0 Å². The van der Waals surface area contributed by atoms with E-state index >= 15 is 0 Å². The minimum Gasteiger partial charge on any atom is -0.325 e. The van der Waals surface area contributed by atoms with Gasteiger partial charge in [-0.1, -0.05) is 30.3 Å². The summed E-state index contributed by atoms with van der Waals surface area (Å²) >= 11 is 0. The quantitative estimate of drug-likeness (QED) is 0.806. The molecule has 3 heteroatoms. The van der Waals surface area contributed by atoms with E-state index in [4.69, 9.17) is 5.73 Å². The van der Waals surface area contributed by atoms with Crippen LogP contribution in [0.3, 0.4) is 0 Å². The molecule has 15 heavy (non-hydrogen) atoms. The average molecular weight is 201 g/mol. The van der Waals surface area contributed by atoms with Gasteiger partial charge in [-0.2, -0.15) is 5.10 Å². The van der Waals surface area contributed by atoms with E-state index in [1.54, 1.807) is 0 Å². The molecule has 0 saturated heterocycles. The maximum Gasteiger partial charge on any atom is 0.0795 e. The van der Waals surface area contributed by atoms with Crippen molar-refractivity contribution in [1.82, 2.24) is 9.78 Å². The fourth-order valence-electron chi connectivity index (χ4n) is 1.88. The third kappa shape index (κ3) is 1.66. The molecule has 0 bridgehead atoms. The number of rotatable bonds is 2. The van der Waals surface area contributed by atoms with Gasteiger partial charge in [0, 0.05) is 19.2 Å². The van der Waals surface area contributed by atoms with Gasteiger partial charge in [0.05, 0.1) is 11.4 Å². The SMILES string of the molecule is Cc1c(CN)nn(C)c1-c1ccccc1. The number of hydrogen-bond donors (Lipinski definition) is 1. The van der Waals surface area contributed by atoms with Gasteiger partial charge in [0.2, 0.25) is 0 Å². The second-order valence-electron chi connectivity index (χ2n) is 3.61. The van der Waals surface area contributed by atoms with Crippen LogP contribution < -0.4 is 5.73 Å². The molecule has 1 aromatic heterocycles. The maximum atomic E-state index is 5.64. The Labute approximate surface area is 89.5 Å². The molecule has 2 aromatic rings. The Hall–Kier alpha value is -1.61. The van der Waals surface area contributed by atoms with Gasteiger partial charge in [0.15, 0.2) is 0 Å². The lowest BCUT2D eigenvalue weighted by atomic mass is 10.1. The first-order valence-electron chi connectivity index (χ1n) is 5.02. The molecule has 0 aliphatic rings. The largest absolute Gasteiger partial charge is 0.325 e. The summed E-state index contributed by atoms with van der Waals surface area (Å²) in [5.74, 6) is 0. The first-order chi connectivity index (χ1) is 7.24. The predicted molar refractivity (Wildman–Crippen MR) is 61.3 cm³/mol. The summed E-state index contributed by atoms with van der Waals surface area (Å²) in [4.78, 5) is 0. The predicted octanol–water partition coefficient (Wildman–Crippen LogP) is 1.85. The lowest BCUT2D eigenvalue weighted by Crippen LogP contribution is -1.99. The smallest absolute Gasteiger partial charge is 0.0795 e. The average Bonchev–Trinajstić information content (AvgIpc) is 2.55. The monoisotopic (exact) mass is 201 g/mol. The lowest BCUT2D eigenvalue weighted by Gasteiger charge is -2.02. The van der Waals surface area contributed by atoms with E-state index in [2.05, 4.69) is 24.2 Å². The fraction of sp³-hybridized carbons (Fsp3) is 0.250. The van der Waals surface area contributed by atoms with Crippen LogP contribution in [-0.2, 0) is 13.6 Å². The molecule has 1 aromatic carbocycles. The van der Waals surface area contributed by atoms with Gasteiger partial charge in [0.25, 0.3) is 0 Å². The zero-order valence-electron chi connectivity index (χ0n) is 9.07. The highest BCUT2D eigenvalue weighted by Crippen LogP contribution is 2.24. The second-order valence-corrected chi connectivity index (χ2v) is 3.61. The van der Waals surface area contributed by atoms with Crippen LogP contribution in [0.2, 0.25) is 0 Å². The van der Waals surface area contributed by atoms with Crippen LogP contribution in [0.15, 0.2) is 30.3 Å². The number of aryl methyl sites for hydroxylation is 1. The van der Waals surface area contributed by atoms with Gasteiger partial charge < -0.3 is 5.73 Å². The van der Waals surface area contributed by atoms with Crippen molar-refractivity contribution in [2.45, 2.75) is 13.5 Å². The van der Waals surface area contributed by atoms with Crippen molar-refractivity contribution in [2.24, 2.45) is 12.8 Å². The molecule has 1 heterocycles.